The molecule has 0 saturated heterocycles. The fourth-order valence-corrected chi connectivity index (χ4v) is 1.65. The van der Waals surface area contributed by atoms with Crippen molar-refractivity contribution in [2.24, 2.45) is 4.99 Å². The van der Waals surface area contributed by atoms with Gasteiger partial charge in [-0.2, -0.15) is 0 Å². The van der Waals surface area contributed by atoms with Gasteiger partial charge in [-0.05, 0) is 46.4 Å². The number of hydrogen-bond acceptors (Lipinski definition) is 2. The summed E-state index contributed by atoms with van der Waals surface area (Å²) in [6.07, 6.45) is 1.75. The Morgan fingerprint density at radius 2 is 2.36 bits per heavy atom. The molecule has 11 heavy (non-hydrogen) atoms. The van der Waals surface area contributed by atoms with Crippen LogP contribution in [0.2, 0.25) is 0 Å². The van der Waals surface area contributed by atoms with Crippen LogP contribution in [0.5, 0.6) is 0 Å². The Labute approximate surface area is 78.9 Å². The summed E-state index contributed by atoms with van der Waals surface area (Å²) >= 11 is 2.31. The van der Waals surface area contributed by atoms with Crippen molar-refractivity contribution < 1.29 is 0 Å². The van der Waals surface area contributed by atoms with E-state index in [2.05, 4.69) is 51.1 Å². The van der Waals surface area contributed by atoms with Gasteiger partial charge in [0.25, 0.3) is 0 Å². The molecule has 0 aliphatic carbocycles. The normalized spacial score (nSPS) is 13.9. The largest absolute Gasteiger partial charge is 0.346 e. The first kappa shape index (κ1) is 7.09. The number of fused-ring (bicyclic) bond motifs is 1. The SMILES string of the molecule is Ic1ccc2c(c1)CN=CN2. The summed E-state index contributed by atoms with van der Waals surface area (Å²) in [6, 6.07) is 6.33. The molecule has 0 amide bonds. The first-order valence-corrected chi connectivity index (χ1v) is 4.47. The van der Waals surface area contributed by atoms with E-state index < -0.39 is 0 Å². The third-order valence-corrected chi connectivity index (χ3v) is 2.31. The maximum Gasteiger partial charge on any atom is 0.0872 e. The highest BCUT2D eigenvalue weighted by Crippen LogP contribution is 2.20. The lowest BCUT2D eigenvalue weighted by atomic mass is 10.1. The van der Waals surface area contributed by atoms with Crippen LogP contribution in [0, 0.1) is 3.57 Å². The summed E-state index contributed by atoms with van der Waals surface area (Å²) in [5.74, 6) is 0. The minimum Gasteiger partial charge on any atom is -0.346 e. The molecule has 1 aliphatic heterocycles. The van der Waals surface area contributed by atoms with E-state index in [-0.39, 0.29) is 0 Å². The molecular weight excluding hydrogens is 251 g/mol. The van der Waals surface area contributed by atoms with Gasteiger partial charge >= 0.3 is 0 Å². The topological polar surface area (TPSA) is 24.4 Å². The predicted molar refractivity (Wildman–Crippen MR) is 55.0 cm³/mol. The van der Waals surface area contributed by atoms with E-state index in [0.29, 0.717) is 0 Å². The fraction of sp³-hybridized carbons (Fsp3) is 0.125. The van der Waals surface area contributed by atoms with Crippen LogP contribution in [0.3, 0.4) is 0 Å². The quantitative estimate of drug-likeness (QED) is 0.709. The van der Waals surface area contributed by atoms with Gasteiger partial charge in [-0.3, -0.25) is 4.99 Å². The van der Waals surface area contributed by atoms with E-state index in [9.17, 15) is 0 Å². The maximum atomic E-state index is 4.12. The molecule has 1 aromatic carbocycles. The third kappa shape index (κ3) is 1.38. The zero-order valence-electron chi connectivity index (χ0n) is 5.84. The van der Waals surface area contributed by atoms with Gasteiger partial charge in [-0.25, -0.2) is 0 Å². The second-order valence-corrected chi connectivity index (χ2v) is 3.66. The lowest BCUT2D eigenvalue weighted by molar-refractivity contribution is 1.06. The highest BCUT2D eigenvalue weighted by atomic mass is 127. The number of rotatable bonds is 0. The molecule has 1 aromatic rings. The molecule has 0 bridgehead atoms. The number of nitrogens with one attached hydrogen (secondary N) is 1. The minimum atomic E-state index is 0.805. The van der Waals surface area contributed by atoms with Crippen molar-refractivity contribution >= 4 is 34.6 Å². The molecular formula is C8H7IN2. The van der Waals surface area contributed by atoms with Crippen LogP contribution < -0.4 is 5.32 Å². The van der Waals surface area contributed by atoms with Gasteiger partial charge in [0.2, 0.25) is 0 Å². The summed E-state index contributed by atoms with van der Waals surface area (Å²) < 4.78 is 1.26. The Kier molecular flexibility index (Phi) is 1.81. The lowest BCUT2D eigenvalue weighted by Crippen LogP contribution is -2.04. The highest BCUT2D eigenvalue weighted by molar-refractivity contribution is 14.1. The highest BCUT2D eigenvalue weighted by Gasteiger charge is 2.03. The second-order valence-electron chi connectivity index (χ2n) is 2.42. The Bertz CT molecular complexity index is 307. The van der Waals surface area contributed by atoms with Crippen LogP contribution in [-0.4, -0.2) is 6.34 Å². The summed E-state index contributed by atoms with van der Waals surface area (Å²) in [4.78, 5) is 4.12. The van der Waals surface area contributed by atoms with E-state index in [1.54, 1.807) is 6.34 Å². The van der Waals surface area contributed by atoms with Gasteiger partial charge < -0.3 is 5.32 Å². The van der Waals surface area contributed by atoms with E-state index in [4.69, 9.17) is 0 Å². The van der Waals surface area contributed by atoms with Gasteiger partial charge in [-0.15, -0.1) is 0 Å². The summed E-state index contributed by atoms with van der Waals surface area (Å²) in [5.41, 5.74) is 2.46. The van der Waals surface area contributed by atoms with E-state index in [1.807, 2.05) is 0 Å². The van der Waals surface area contributed by atoms with Crippen molar-refractivity contribution in [1.82, 2.24) is 0 Å². The van der Waals surface area contributed by atoms with Crippen LogP contribution in [0.4, 0.5) is 5.69 Å². The zero-order chi connectivity index (χ0) is 7.68. The Morgan fingerprint density at radius 3 is 3.27 bits per heavy atom. The number of benzene rings is 1. The third-order valence-electron chi connectivity index (χ3n) is 1.64. The molecule has 0 unspecified atom stereocenters. The smallest absolute Gasteiger partial charge is 0.0872 e. The van der Waals surface area contributed by atoms with E-state index >= 15 is 0 Å². The zero-order valence-corrected chi connectivity index (χ0v) is 8.00. The molecule has 0 aromatic heterocycles. The Hall–Kier alpha value is -0.580. The van der Waals surface area contributed by atoms with E-state index in [1.165, 1.54) is 14.8 Å². The molecule has 0 saturated carbocycles. The average Bonchev–Trinajstić information content (AvgIpc) is 2.04. The molecule has 0 spiro atoms. The standard InChI is InChI=1S/C8H7IN2/c9-7-1-2-8-6(3-7)4-10-5-11-8/h1-3,5H,4H2,(H,10,11). The number of aliphatic imine (C=N–C) groups is 1. The molecule has 2 rings (SSSR count). The van der Waals surface area contributed by atoms with Gasteiger partial charge in [-0.1, -0.05) is 0 Å². The average molecular weight is 258 g/mol. The van der Waals surface area contributed by atoms with E-state index in [0.717, 1.165) is 6.54 Å². The van der Waals surface area contributed by atoms with Crippen molar-refractivity contribution in [3.63, 3.8) is 0 Å². The first-order valence-electron chi connectivity index (χ1n) is 3.39. The van der Waals surface area contributed by atoms with Gasteiger partial charge in [0, 0.05) is 9.26 Å². The van der Waals surface area contributed by atoms with Crippen LogP contribution in [-0.2, 0) is 6.54 Å². The molecule has 2 nitrogen and oxygen atoms in total. The van der Waals surface area contributed by atoms with Crippen molar-refractivity contribution in [2.75, 3.05) is 5.32 Å². The molecule has 1 N–H and O–H groups in total. The van der Waals surface area contributed by atoms with Crippen molar-refractivity contribution in [3.8, 4) is 0 Å². The summed E-state index contributed by atoms with van der Waals surface area (Å²) in [7, 11) is 0. The van der Waals surface area contributed by atoms with Gasteiger partial charge in [0.1, 0.15) is 0 Å². The van der Waals surface area contributed by atoms with Crippen molar-refractivity contribution in [1.29, 1.82) is 0 Å². The maximum absolute atomic E-state index is 4.12. The summed E-state index contributed by atoms with van der Waals surface area (Å²) in [5, 5.41) is 3.09. The molecule has 56 valence electrons. The fourth-order valence-electron chi connectivity index (χ4n) is 1.09. The van der Waals surface area contributed by atoms with Crippen LogP contribution in [0.1, 0.15) is 5.56 Å². The van der Waals surface area contributed by atoms with Crippen LogP contribution >= 0.6 is 22.6 Å². The second kappa shape index (κ2) is 2.81. The Balaban J connectivity index is 2.48. The minimum absolute atomic E-state index is 0.805. The number of anilines is 1. The molecule has 3 heteroatoms. The van der Waals surface area contributed by atoms with Crippen LogP contribution in [0.15, 0.2) is 23.2 Å². The van der Waals surface area contributed by atoms with Crippen LogP contribution in [0.25, 0.3) is 0 Å². The summed E-state index contributed by atoms with van der Waals surface area (Å²) in [6.45, 7) is 0.805. The van der Waals surface area contributed by atoms with Crippen molar-refractivity contribution in [2.45, 2.75) is 6.54 Å². The number of halogens is 1. The molecule has 0 fully saturated rings. The lowest BCUT2D eigenvalue weighted by Gasteiger charge is -2.11. The number of hydrogen-bond donors (Lipinski definition) is 1. The molecule has 0 radical (unpaired) electrons. The monoisotopic (exact) mass is 258 g/mol. The number of nitrogens with zero attached hydrogens (tertiary/aromatic N) is 1. The first-order chi connectivity index (χ1) is 5.36. The molecule has 1 heterocycles. The van der Waals surface area contributed by atoms with Gasteiger partial charge in [0.05, 0.1) is 12.9 Å². The predicted octanol–water partition coefficient (Wildman–Crippen LogP) is 2.24. The van der Waals surface area contributed by atoms with Gasteiger partial charge in [0.15, 0.2) is 0 Å². The molecule has 0 atom stereocenters. The van der Waals surface area contributed by atoms with Crippen molar-refractivity contribution in [3.05, 3.63) is 27.3 Å². The molecule has 1 aliphatic rings. The Morgan fingerprint density at radius 1 is 1.45 bits per heavy atom.